The van der Waals surface area contributed by atoms with E-state index in [1.807, 2.05) is 43.7 Å². The minimum Gasteiger partial charge on any atom is -0.466 e. The second-order valence-electron chi connectivity index (χ2n) is 6.39. The Hall–Kier alpha value is -2.63. The number of amides is 1. The van der Waals surface area contributed by atoms with Crippen LogP contribution in [0.2, 0.25) is 0 Å². The largest absolute Gasteiger partial charge is 0.466 e. The third kappa shape index (κ3) is 4.47. The van der Waals surface area contributed by atoms with Crippen molar-refractivity contribution in [3.63, 3.8) is 0 Å². The number of carbonyl (C=O) groups excluding carboxylic acids is 2. The summed E-state index contributed by atoms with van der Waals surface area (Å²) < 4.78 is 6.68. The van der Waals surface area contributed by atoms with Crippen LogP contribution in [0.1, 0.15) is 36.8 Å². The fourth-order valence-electron chi connectivity index (χ4n) is 2.95. The number of rotatable bonds is 7. The average molecular weight is 341 g/mol. The zero-order valence-corrected chi connectivity index (χ0v) is 14.6. The molecule has 1 fully saturated rings. The molecule has 0 bridgehead atoms. The van der Waals surface area contributed by atoms with Gasteiger partial charge in [0.05, 0.1) is 12.8 Å². The predicted molar refractivity (Wildman–Crippen MR) is 94.1 cm³/mol. The lowest BCUT2D eigenvalue weighted by Crippen LogP contribution is -2.14. The summed E-state index contributed by atoms with van der Waals surface area (Å²) in [5.74, 6) is 0.161. The molecule has 25 heavy (non-hydrogen) atoms. The molecule has 1 amide bonds. The third-order valence-electron chi connectivity index (χ3n) is 4.42. The lowest BCUT2D eigenvalue weighted by molar-refractivity contribution is -0.143. The summed E-state index contributed by atoms with van der Waals surface area (Å²) in [6, 6.07) is 7.61. The number of hydrogen-bond donors (Lipinski definition) is 1. The van der Waals surface area contributed by atoms with Gasteiger partial charge in [-0.25, -0.2) is 0 Å². The van der Waals surface area contributed by atoms with Crippen LogP contribution in [0.15, 0.2) is 36.7 Å². The highest BCUT2D eigenvalue weighted by Crippen LogP contribution is 2.47. The molecular formula is C19H23N3O3. The zero-order chi connectivity index (χ0) is 17.8. The van der Waals surface area contributed by atoms with Gasteiger partial charge in [0.25, 0.3) is 0 Å². The van der Waals surface area contributed by atoms with E-state index in [4.69, 9.17) is 4.74 Å². The van der Waals surface area contributed by atoms with Crippen LogP contribution in [0, 0.1) is 5.92 Å². The van der Waals surface area contributed by atoms with Gasteiger partial charge in [0.2, 0.25) is 5.91 Å². The summed E-state index contributed by atoms with van der Waals surface area (Å²) in [5.41, 5.74) is 2.95. The van der Waals surface area contributed by atoms with Crippen molar-refractivity contribution >= 4 is 17.6 Å². The number of nitrogens with zero attached hydrogens (tertiary/aromatic N) is 2. The Labute approximate surface area is 147 Å². The lowest BCUT2D eigenvalue weighted by atomic mass is 10.1. The van der Waals surface area contributed by atoms with Crippen molar-refractivity contribution in [3.8, 4) is 0 Å². The van der Waals surface area contributed by atoms with E-state index in [0.717, 1.165) is 23.2 Å². The van der Waals surface area contributed by atoms with E-state index in [0.29, 0.717) is 19.4 Å². The van der Waals surface area contributed by atoms with Crippen LogP contribution in [0.3, 0.4) is 0 Å². The van der Waals surface area contributed by atoms with Crippen molar-refractivity contribution < 1.29 is 14.3 Å². The minimum atomic E-state index is -0.185. The molecule has 6 heteroatoms. The number of hydrogen-bond acceptors (Lipinski definition) is 4. The maximum Gasteiger partial charge on any atom is 0.306 e. The van der Waals surface area contributed by atoms with E-state index in [9.17, 15) is 9.59 Å². The Kier molecular flexibility index (Phi) is 5.16. The van der Waals surface area contributed by atoms with Crippen molar-refractivity contribution in [1.82, 2.24) is 9.78 Å². The molecule has 3 rings (SSSR count). The van der Waals surface area contributed by atoms with Crippen molar-refractivity contribution in [1.29, 1.82) is 0 Å². The molecule has 1 saturated carbocycles. The first kappa shape index (κ1) is 17.2. The number of esters is 1. The summed E-state index contributed by atoms with van der Waals surface area (Å²) in [4.78, 5) is 23.7. The van der Waals surface area contributed by atoms with E-state index in [1.54, 1.807) is 11.6 Å². The number of carbonyl (C=O) groups is 2. The second-order valence-corrected chi connectivity index (χ2v) is 6.39. The van der Waals surface area contributed by atoms with E-state index in [-0.39, 0.29) is 23.7 Å². The Morgan fingerprint density at radius 2 is 2.08 bits per heavy atom. The third-order valence-corrected chi connectivity index (χ3v) is 4.42. The molecule has 6 nitrogen and oxygen atoms in total. The predicted octanol–water partition coefficient (Wildman–Crippen LogP) is 2.66. The van der Waals surface area contributed by atoms with Crippen LogP contribution in [0.5, 0.6) is 0 Å². The first-order valence-corrected chi connectivity index (χ1v) is 8.60. The van der Waals surface area contributed by atoms with Crippen molar-refractivity contribution in [2.75, 3.05) is 11.9 Å². The van der Waals surface area contributed by atoms with Gasteiger partial charge >= 0.3 is 5.97 Å². The number of benzene rings is 1. The highest BCUT2D eigenvalue weighted by atomic mass is 16.5. The smallest absolute Gasteiger partial charge is 0.306 e. The fourth-order valence-corrected chi connectivity index (χ4v) is 2.95. The number of ether oxygens (including phenoxy) is 1. The summed E-state index contributed by atoms with van der Waals surface area (Å²) in [6.45, 7) is 2.21. The highest BCUT2D eigenvalue weighted by molar-refractivity contribution is 5.95. The molecule has 2 atom stereocenters. The van der Waals surface area contributed by atoms with E-state index in [2.05, 4.69) is 10.4 Å². The molecule has 0 aliphatic heterocycles. The van der Waals surface area contributed by atoms with Gasteiger partial charge in [-0.2, -0.15) is 5.10 Å². The molecule has 0 radical (unpaired) electrons. The van der Waals surface area contributed by atoms with Crippen molar-refractivity contribution in [3.05, 3.63) is 47.8 Å². The van der Waals surface area contributed by atoms with Crippen LogP contribution in [0.4, 0.5) is 5.69 Å². The topological polar surface area (TPSA) is 73.2 Å². The highest BCUT2D eigenvalue weighted by Gasteiger charge is 2.44. The van der Waals surface area contributed by atoms with Crippen LogP contribution in [-0.2, 0) is 27.8 Å². The second kappa shape index (κ2) is 7.51. The number of anilines is 1. The van der Waals surface area contributed by atoms with Gasteiger partial charge in [-0.05, 0) is 48.9 Å². The average Bonchev–Trinajstić information content (AvgIpc) is 3.29. The quantitative estimate of drug-likeness (QED) is 0.786. The summed E-state index contributed by atoms with van der Waals surface area (Å²) in [6.07, 6.45) is 5.68. The maximum atomic E-state index is 12.3. The Balaban J connectivity index is 1.48. The molecule has 2 aromatic rings. The standard InChI is InChI=1S/C19H23N3O3/c1-3-25-18(23)9-6-13-4-7-15(8-5-13)21-19(24)17-10-16(17)14-11-20-22(2)12-14/h4-5,7-8,11-12,16-17H,3,6,9-10H2,1-2H3,(H,21,24)/t16-,17-/m1/s1. The van der Waals surface area contributed by atoms with Crippen molar-refractivity contribution in [2.24, 2.45) is 13.0 Å². The molecule has 0 saturated heterocycles. The van der Waals surface area contributed by atoms with Crippen LogP contribution in [-0.4, -0.2) is 28.3 Å². The van der Waals surface area contributed by atoms with Gasteiger partial charge in [-0.3, -0.25) is 14.3 Å². The summed E-state index contributed by atoms with van der Waals surface area (Å²) >= 11 is 0. The zero-order valence-electron chi connectivity index (χ0n) is 14.6. The Bertz CT molecular complexity index is 752. The van der Waals surface area contributed by atoms with Gasteiger partial charge in [0.1, 0.15) is 0 Å². The summed E-state index contributed by atoms with van der Waals surface area (Å²) in [5, 5.41) is 7.12. The fraction of sp³-hybridized carbons (Fsp3) is 0.421. The number of nitrogens with one attached hydrogen (secondary N) is 1. The van der Waals surface area contributed by atoms with Crippen molar-refractivity contribution in [2.45, 2.75) is 32.1 Å². The molecule has 0 unspecified atom stereocenters. The van der Waals surface area contributed by atoms with Crippen LogP contribution in [0.25, 0.3) is 0 Å². The summed E-state index contributed by atoms with van der Waals surface area (Å²) in [7, 11) is 1.88. The Morgan fingerprint density at radius 3 is 2.72 bits per heavy atom. The van der Waals surface area contributed by atoms with Crippen LogP contribution >= 0.6 is 0 Å². The molecule has 132 valence electrons. The van der Waals surface area contributed by atoms with Gasteiger partial charge in [0.15, 0.2) is 0 Å². The SMILES string of the molecule is CCOC(=O)CCc1ccc(NC(=O)[C@@H]2C[C@@H]2c2cnn(C)c2)cc1. The first-order chi connectivity index (χ1) is 12.1. The monoisotopic (exact) mass is 341 g/mol. The lowest BCUT2D eigenvalue weighted by Gasteiger charge is -2.06. The number of aryl methyl sites for hydroxylation is 2. The van der Waals surface area contributed by atoms with Gasteiger partial charge < -0.3 is 10.1 Å². The van der Waals surface area contributed by atoms with E-state index in [1.165, 1.54) is 0 Å². The molecule has 1 heterocycles. The number of aromatic nitrogens is 2. The van der Waals surface area contributed by atoms with E-state index >= 15 is 0 Å². The minimum absolute atomic E-state index is 0.0210. The van der Waals surface area contributed by atoms with Gasteiger partial charge in [-0.1, -0.05) is 12.1 Å². The normalized spacial score (nSPS) is 18.6. The van der Waals surface area contributed by atoms with E-state index < -0.39 is 0 Å². The van der Waals surface area contributed by atoms with Gasteiger partial charge in [0, 0.05) is 31.3 Å². The molecule has 1 aliphatic rings. The van der Waals surface area contributed by atoms with Crippen LogP contribution < -0.4 is 5.32 Å². The molecule has 1 aromatic carbocycles. The molecular weight excluding hydrogens is 318 g/mol. The molecule has 1 aromatic heterocycles. The molecule has 1 N–H and O–H groups in total. The Morgan fingerprint density at radius 1 is 1.32 bits per heavy atom. The first-order valence-electron chi connectivity index (χ1n) is 8.60. The van der Waals surface area contributed by atoms with Gasteiger partial charge in [-0.15, -0.1) is 0 Å². The maximum absolute atomic E-state index is 12.3. The molecule has 1 aliphatic carbocycles. The molecule has 0 spiro atoms.